The molecule has 0 saturated carbocycles. The van der Waals surface area contributed by atoms with Gasteiger partial charge in [0.1, 0.15) is 0 Å². The first-order chi connectivity index (χ1) is 4.83. The van der Waals surface area contributed by atoms with Crippen LogP contribution in [0.5, 0.6) is 0 Å². The summed E-state index contributed by atoms with van der Waals surface area (Å²) in [6.07, 6.45) is 2.74. The number of rotatable bonds is 2. The molecule has 0 aromatic carbocycles. The van der Waals surface area contributed by atoms with Gasteiger partial charge in [0, 0.05) is 13.5 Å². The fourth-order valence-electron chi connectivity index (χ4n) is 1.21. The molecule has 1 aliphatic rings. The molecule has 58 valence electrons. The van der Waals surface area contributed by atoms with Gasteiger partial charge >= 0.3 is 0 Å². The van der Waals surface area contributed by atoms with E-state index in [9.17, 15) is 4.79 Å². The number of hydrogen-bond acceptors (Lipinski definition) is 2. The molecule has 0 unspecified atom stereocenters. The van der Waals surface area contributed by atoms with Crippen LogP contribution in [0, 0.1) is 0 Å². The van der Waals surface area contributed by atoms with Crippen molar-refractivity contribution in [3.8, 4) is 0 Å². The number of hydrogen-bond donors (Lipinski definition) is 1. The highest BCUT2D eigenvalue weighted by molar-refractivity contribution is 5.76. The van der Waals surface area contributed by atoms with Crippen molar-refractivity contribution < 1.29 is 9.53 Å². The quantitative estimate of drug-likeness (QED) is 0.603. The predicted molar refractivity (Wildman–Crippen MR) is 37.7 cm³/mol. The first kappa shape index (κ1) is 7.54. The van der Waals surface area contributed by atoms with Crippen LogP contribution in [-0.4, -0.2) is 25.7 Å². The monoisotopic (exact) mass is 143 g/mol. The van der Waals surface area contributed by atoms with Gasteiger partial charge in [0.2, 0.25) is 5.91 Å². The molecule has 1 aliphatic heterocycles. The van der Waals surface area contributed by atoms with Crippen molar-refractivity contribution in [1.29, 1.82) is 0 Å². The minimum atomic E-state index is 0.160. The Morgan fingerprint density at radius 2 is 2.60 bits per heavy atom. The summed E-state index contributed by atoms with van der Waals surface area (Å²) in [5.41, 5.74) is 0. The van der Waals surface area contributed by atoms with Crippen LogP contribution >= 0.6 is 0 Å². The summed E-state index contributed by atoms with van der Waals surface area (Å²) >= 11 is 0. The lowest BCUT2D eigenvalue weighted by atomic mass is 10.1. The van der Waals surface area contributed by atoms with Gasteiger partial charge in [0.15, 0.2) is 0 Å². The Bertz CT molecular complexity index is 123. The number of methoxy groups -OCH3 is 1. The average Bonchev–Trinajstić information content (AvgIpc) is 1.88. The van der Waals surface area contributed by atoms with Crippen LogP contribution in [-0.2, 0) is 9.53 Å². The molecule has 10 heavy (non-hydrogen) atoms. The fourth-order valence-corrected chi connectivity index (χ4v) is 1.21. The van der Waals surface area contributed by atoms with E-state index >= 15 is 0 Å². The molecule has 3 heteroatoms. The zero-order chi connectivity index (χ0) is 7.40. The molecular formula is C7H13NO2. The van der Waals surface area contributed by atoms with Gasteiger partial charge in [-0.15, -0.1) is 0 Å². The van der Waals surface area contributed by atoms with Gasteiger partial charge in [0.05, 0.1) is 12.6 Å². The van der Waals surface area contributed by atoms with Crippen molar-refractivity contribution >= 4 is 5.91 Å². The van der Waals surface area contributed by atoms with Crippen LogP contribution in [0.4, 0.5) is 0 Å². The molecule has 1 fully saturated rings. The van der Waals surface area contributed by atoms with E-state index in [1.807, 2.05) is 0 Å². The Balaban J connectivity index is 2.25. The Labute approximate surface area is 60.7 Å². The van der Waals surface area contributed by atoms with E-state index in [4.69, 9.17) is 4.74 Å². The normalized spacial score (nSPS) is 26.1. The summed E-state index contributed by atoms with van der Waals surface area (Å²) in [6.45, 7) is 0.645. The van der Waals surface area contributed by atoms with Gasteiger partial charge in [-0.25, -0.2) is 0 Å². The summed E-state index contributed by atoms with van der Waals surface area (Å²) in [5, 5.41) is 2.85. The molecule has 0 aromatic rings. The maximum Gasteiger partial charge on any atom is 0.220 e. The Kier molecular flexibility index (Phi) is 2.68. The fraction of sp³-hybridized carbons (Fsp3) is 0.857. The van der Waals surface area contributed by atoms with E-state index in [0.29, 0.717) is 13.0 Å². The zero-order valence-corrected chi connectivity index (χ0v) is 6.22. The van der Waals surface area contributed by atoms with Crippen LogP contribution in [0.1, 0.15) is 19.3 Å². The van der Waals surface area contributed by atoms with E-state index in [1.165, 1.54) is 0 Å². The van der Waals surface area contributed by atoms with Crippen LogP contribution in [0.2, 0.25) is 0 Å². The van der Waals surface area contributed by atoms with Crippen LogP contribution in [0.15, 0.2) is 0 Å². The molecule has 0 bridgehead atoms. The number of nitrogens with one attached hydrogen (secondary N) is 1. The third kappa shape index (κ3) is 1.99. The first-order valence-electron chi connectivity index (χ1n) is 3.61. The standard InChI is InChI=1S/C7H13NO2/c1-10-5-6-3-2-4-7(9)8-6/h6H,2-5H2,1H3,(H,8,9)/t6-/m0/s1. The maximum absolute atomic E-state index is 10.8. The van der Waals surface area contributed by atoms with E-state index < -0.39 is 0 Å². The molecule has 0 aliphatic carbocycles. The molecule has 1 N–H and O–H groups in total. The lowest BCUT2D eigenvalue weighted by Crippen LogP contribution is -2.41. The number of carbonyl (C=O) groups excluding carboxylic acids is 1. The van der Waals surface area contributed by atoms with Gasteiger partial charge in [0.25, 0.3) is 0 Å². The Hall–Kier alpha value is -0.570. The molecular weight excluding hydrogens is 130 g/mol. The molecule has 3 nitrogen and oxygen atoms in total. The highest BCUT2D eigenvalue weighted by Gasteiger charge is 2.16. The second kappa shape index (κ2) is 3.56. The van der Waals surface area contributed by atoms with Crippen molar-refractivity contribution in [3.05, 3.63) is 0 Å². The largest absolute Gasteiger partial charge is 0.383 e. The molecule has 1 heterocycles. The minimum absolute atomic E-state index is 0.160. The summed E-state index contributed by atoms with van der Waals surface area (Å²) in [5.74, 6) is 0.160. The lowest BCUT2D eigenvalue weighted by molar-refractivity contribution is -0.123. The minimum Gasteiger partial charge on any atom is -0.383 e. The average molecular weight is 143 g/mol. The highest BCUT2D eigenvalue weighted by atomic mass is 16.5. The number of ether oxygens (including phenoxy) is 1. The van der Waals surface area contributed by atoms with Crippen molar-refractivity contribution in [3.63, 3.8) is 0 Å². The summed E-state index contributed by atoms with van der Waals surface area (Å²) < 4.78 is 4.91. The second-order valence-corrected chi connectivity index (χ2v) is 2.61. The molecule has 0 spiro atoms. The van der Waals surface area contributed by atoms with E-state index in [2.05, 4.69) is 5.32 Å². The smallest absolute Gasteiger partial charge is 0.220 e. The SMILES string of the molecule is COC[C@@H]1CCCC(=O)N1. The second-order valence-electron chi connectivity index (χ2n) is 2.61. The summed E-state index contributed by atoms with van der Waals surface area (Å²) in [4.78, 5) is 10.8. The molecule has 1 rings (SSSR count). The van der Waals surface area contributed by atoms with Gasteiger partial charge < -0.3 is 10.1 Å². The third-order valence-electron chi connectivity index (χ3n) is 1.69. The Morgan fingerprint density at radius 3 is 3.20 bits per heavy atom. The number of carbonyl (C=O) groups is 1. The number of amides is 1. The molecule has 1 atom stereocenters. The van der Waals surface area contributed by atoms with E-state index in [0.717, 1.165) is 12.8 Å². The van der Waals surface area contributed by atoms with E-state index in [-0.39, 0.29) is 11.9 Å². The topological polar surface area (TPSA) is 38.3 Å². The lowest BCUT2D eigenvalue weighted by Gasteiger charge is -2.21. The van der Waals surface area contributed by atoms with Crippen LogP contribution in [0.25, 0.3) is 0 Å². The van der Waals surface area contributed by atoms with Gasteiger partial charge in [-0.05, 0) is 12.8 Å². The van der Waals surface area contributed by atoms with Gasteiger partial charge in [-0.2, -0.15) is 0 Å². The highest BCUT2D eigenvalue weighted by Crippen LogP contribution is 2.07. The van der Waals surface area contributed by atoms with Crippen molar-refractivity contribution in [2.24, 2.45) is 0 Å². The van der Waals surface area contributed by atoms with Gasteiger partial charge in [-0.1, -0.05) is 0 Å². The molecule has 0 radical (unpaired) electrons. The predicted octanol–water partition coefficient (Wildman–Crippen LogP) is 0.302. The third-order valence-corrected chi connectivity index (χ3v) is 1.69. The Morgan fingerprint density at radius 1 is 1.80 bits per heavy atom. The van der Waals surface area contributed by atoms with Crippen molar-refractivity contribution in [2.75, 3.05) is 13.7 Å². The molecule has 0 aromatic heterocycles. The van der Waals surface area contributed by atoms with Crippen LogP contribution < -0.4 is 5.32 Å². The van der Waals surface area contributed by atoms with Gasteiger partial charge in [-0.3, -0.25) is 4.79 Å². The van der Waals surface area contributed by atoms with Crippen molar-refractivity contribution in [1.82, 2.24) is 5.32 Å². The first-order valence-corrected chi connectivity index (χ1v) is 3.61. The summed E-state index contributed by atoms with van der Waals surface area (Å²) in [6, 6.07) is 0.256. The molecule has 1 amide bonds. The van der Waals surface area contributed by atoms with Crippen LogP contribution in [0.3, 0.4) is 0 Å². The molecule has 1 saturated heterocycles. The van der Waals surface area contributed by atoms with E-state index in [1.54, 1.807) is 7.11 Å². The number of piperidine rings is 1. The zero-order valence-electron chi connectivity index (χ0n) is 6.22. The summed E-state index contributed by atoms with van der Waals surface area (Å²) in [7, 11) is 1.65. The maximum atomic E-state index is 10.8. The van der Waals surface area contributed by atoms with Crippen molar-refractivity contribution in [2.45, 2.75) is 25.3 Å².